The lowest BCUT2D eigenvalue weighted by atomic mass is 10.1. The van der Waals surface area contributed by atoms with Gasteiger partial charge in [0.2, 0.25) is 0 Å². The molecule has 0 saturated carbocycles. The molecule has 0 radical (unpaired) electrons. The number of ketones is 1. The normalized spacial score (nSPS) is 10.6. The van der Waals surface area contributed by atoms with E-state index >= 15 is 0 Å². The SMILES string of the molecule is COc1ccc(Cl)cc1C(=O)C=Cc1ccccc1. The molecule has 2 rings (SSSR count). The van der Waals surface area contributed by atoms with Gasteiger partial charge in [0, 0.05) is 5.02 Å². The number of methoxy groups -OCH3 is 1. The maximum Gasteiger partial charge on any atom is 0.189 e. The van der Waals surface area contributed by atoms with E-state index in [1.807, 2.05) is 30.3 Å². The lowest BCUT2D eigenvalue weighted by molar-refractivity contribution is 0.104. The predicted molar refractivity (Wildman–Crippen MR) is 77.8 cm³/mol. The van der Waals surface area contributed by atoms with E-state index in [9.17, 15) is 4.79 Å². The zero-order valence-electron chi connectivity index (χ0n) is 10.5. The largest absolute Gasteiger partial charge is 0.496 e. The van der Waals surface area contributed by atoms with Crippen molar-refractivity contribution in [3.05, 3.63) is 70.8 Å². The van der Waals surface area contributed by atoms with Crippen LogP contribution in [0.15, 0.2) is 54.6 Å². The Morgan fingerprint density at radius 2 is 1.89 bits per heavy atom. The average molecular weight is 273 g/mol. The minimum absolute atomic E-state index is 0.136. The summed E-state index contributed by atoms with van der Waals surface area (Å²) in [5, 5.41) is 0.511. The molecule has 0 saturated heterocycles. The van der Waals surface area contributed by atoms with Crippen molar-refractivity contribution >= 4 is 23.5 Å². The Kier molecular flexibility index (Phi) is 4.37. The van der Waals surface area contributed by atoms with Crippen LogP contribution in [0.1, 0.15) is 15.9 Å². The van der Waals surface area contributed by atoms with Crippen molar-refractivity contribution in [3.8, 4) is 5.75 Å². The first-order chi connectivity index (χ1) is 9.20. The number of ether oxygens (including phenoxy) is 1. The fraction of sp³-hybridized carbons (Fsp3) is 0.0625. The molecule has 0 spiro atoms. The van der Waals surface area contributed by atoms with Gasteiger partial charge >= 0.3 is 0 Å². The summed E-state index contributed by atoms with van der Waals surface area (Å²) in [6, 6.07) is 14.6. The van der Waals surface area contributed by atoms with Gasteiger partial charge in [-0.2, -0.15) is 0 Å². The van der Waals surface area contributed by atoms with Crippen LogP contribution in [0.3, 0.4) is 0 Å². The van der Waals surface area contributed by atoms with Crippen molar-refractivity contribution in [2.45, 2.75) is 0 Å². The highest BCUT2D eigenvalue weighted by Crippen LogP contribution is 2.23. The van der Waals surface area contributed by atoms with Gasteiger partial charge in [-0.05, 0) is 29.8 Å². The van der Waals surface area contributed by atoms with E-state index in [0.29, 0.717) is 16.3 Å². The van der Waals surface area contributed by atoms with Crippen LogP contribution in [-0.2, 0) is 0 Å². The first kappa shape index (κ1) is 13.4. The van der Waals surface area contributed by atoms with Crippen molar-refractivity contribution in [1.82, 2.24) is 0 Å². The zero-order chi connectivity index (χ0) is 13.7. The number of carbonyl (C=O) groups excluding carboxylic acids is 1. The van der Waals surface area contributed by atoms with E-state index in [4.69, 9.17) is 16.3 Å². The van der Waals surface area contributed by atoms with Gasteiger partial charge in [-0.3, -0.25) is 4.79 Å². The molecule has 2 aromatic rings. The molecule has 0 heterocycles. The molecule has 96 valence electrons. The summed E-state index contributed by atoms with van der Waals surface area (Å²) in [4.78, 5) is 12.1. The summed E-state index contributed by atoms with van der Waals surface area (Å²) in [5.74, 6) is 0.385. The molecule has 0 aliphatic rings. The molecular formula is C16H13ClO2. The lowest BCUT2D eigenvalue weighted by Crippen LogP contribution is -1.98. The maximum absolute atomic E-state index is 12.1. The summed E-state index contributed by atoms with van der Waals surface area (Å²) >= 11 is 5.90. The molecule has 0 amide bonds. The summed E-state index contributed by atoms with van der Waals surface area (Å²) < 4.78 is 5.16. The number of benzene rings is 2. The van der Waals surface area contributed by atoms with Crippen molar-refractivity contribution in [3.63, 3.8) is 0 Å². The van der Waals surface area contributed by atoms with Crippen LogP contribution in [0.2, 0.25) is 5.02 Å². The third-order valence-corrected chi connectivity index (χ3v) is 2.89. The molecule has 3 heteroatoms. The molecule has 0 N–H and O–H groups in total. The molecule has 0 unspecified atom stereocenters. The number of hydrogen-bond donors (Lipinski definition) is 0. The van der Waals surface area contributed by atoms with Gasteiger partial charge in [-0.25, -0.2) is 0 Å². The minimum Gasteiger partial charge on any atom is -0.496 e. The third-order valence-electron chi connectivity index (χ3n) is 2.65. The number of allylic oxidation sites excluding steroid dienone is 1. The number of carbonyl (C=O) groups is 1. The predicted octanol–water partition coefficient (Wildman–Crippen LogP) is 4.24. The van der Waals surface area contributed by atoms with Gasteiger partial charge in [0.1, 0.15) is 5.75 Å². The Hall–Kier alpha value is -2.06. The van der Waals surface area contributed by atoms with E-state index in [0.717, 1.165) is 5.56 Å². The van der Waals surface area contributed by atoms with Gasteiger partial charge in [-0.1, -0.05) is 48.0 Å². The van der Waals surface area contributed by atoms with E-state index in [1.54, 1.807) is 24.3 Å². The molecule has 0 bridgehead atoms. The van der Waals surface area contributed by atoms with Crippen LogP contribution in [0, 0.1) is 0 Å². The highest BCUT2D eigenvalue weighted by atomic mass is 35.5. The number of halogens is 1. The van der Waals surface area contributed by atoms with Crippen LogP contribution in [-0.4, -0.2) is 12.9 Å². The second-order valence-electron chi connectivity index (χ2n) is 3.95. The zero-order valence-corrected chi connectivity index (χ0v) is 11.2. The molecule has 0 aromatic heterocycles. The highest BCUT2D eigenvalue weighted by Gasteiger charge is 2.09. The van der Waals surface area contributed by atoms with Crippen molar-refractivity contribution in [2.75, 3.05) is 7.11 Å². The Balaban J connectivity index is 2.25. The Bertz CT molecular complexity index is 603. The minimum atomic E-state index is -0.136. The Labute approximate surface area is 117 Å². The van der Waals surface area contributed by atoms with Crippen molar-refractivity contribution < 1.29 is 9.53 Å². The molecule has 0 atom stereocenters. The summed E-state index contributed by atoms with van der Waals surface area (Å²) in [6.07, 6.45) is 3.28. The van der Waals surface area contributed by atoms with Crippen LogP contribution in [0.25, 0.3) is 6.08 Å². The van der Waals surface area contributed by atoms with Gasteiger partial charge in [-0.15, -0.1) is 0 Å². The molecule has 2 nitrogen and oxygen atoms in total. The summed E-state index contributed by atoms with van der Waals surface area (Å²) in [7, 11) is 1.53. The molecule has 0 fully saturated rings. The number of hydrogen-bond acceptors (Lipinski definition) is 2. The Morgan fingerprint density at radius 1 is 1.16 bits per heavy atom. The molecule has 0 aliphatic carbocycles. The van der Waals surface area contributed by atoms with Gasteiger partial charge in [0.25, 0.3) is 0 Å². The number of rotatable bonds is 4. The lowest BCUT2D eigenvalue weighted by Gasteiger charge is -2.05. The molecule has 19 heavy (non-hydrogen) atoms. The smallest absolute Gasteiger partial charge is 0.189 e. The van der Waals surface area contributed by atoms with E-state index in [1.165, 1.54) is 13.2 Å². The molecule has 0 aliphatic heterocycles. The first-order valence-corrected chi connectivity index (χ1v) is 6.19. The topological polar surface area (TPSA) is 26.3 Å². The maximum atomic E-state index is 12.1. The molecular weight excluding hydrogens is 260 g/mol. The van der Waals surface area contributed by atoms with E-state index in [-0.39, 0.29) is 5.78 Å². The van der Waals surface area contributed by atoms with Crippen LogP contribution < -0.4 is 4.74 Å². The van der Waals surface area contributed by atoms with Gasteiger partial charge in [0.05, 0.1) is 12.7 Å². The van der Waals surface area contributed by atoms with E-state index in [2.05, 4.69) is 0 Å². The molecule has 2 aromatic carbocycles. The van der Waals surface area contributed by atoms with E-state index < -0.39 is 0 Å². The Morgan fingerprint density at radius 3 is 2.58 bits per heavy atom. The fourth-order valence-electron chi connectivity index (χ4n) is 1.70. The fourth-order valence-corrected chi connectivity index (χ4v) is 1.87. The second kappa shape index (κ2) is 6.21. The summed E-state index contributed by atoms with van der Waals surface area (Å²) in [6.45, 7) is 0. The summed E-state index contributed by atoms with van der Waals surface area (Å²) in [5.41, 5.74) is 1.43. The van der Waals surface area contributed by atoms with Crippen LogP contribution >= 0.6 is 11.6 Å². The standard InChI is InChI=1S/C16H13ClO2/c1-19-16-10-8-13(17)11-14(16)15(18)9-7-12-5-3-2-4-6-12/h2-11H,1H3. The average Bonchev–Trinajstić information content (AvgIpc) is 2.46. The van der Waals surface area contributed by atoms with Gasteiger partial charge in [0.15, 0.2) is 5.78 Å². The van der Waals surface area contributed by atoms with Gasteiger partial charge < -0.3 is 4.74 Å². The monoisotopic (exact) mass is 272 g/mol. The third kappa shape index (κ3) is 3.46. The van der Waals surface area contributed by atoms with Crippen LogP contribution in [0.4, 0.5) is 0 Å². The second-order valence-corrected chi connectivity index (χ2v) is 4.39. The highest BCUT2D eigenvalue weighted by molar-refractivity contribution is 6.31. The first-order valence-electron chi connectivity index (χ1n) is 5.81. The van der Waals surface area contributed by atoms with Crippen molar-refractivity contribution in [1.29, 1.82) is 0 Å². The quantitative estimate of drug-likeness (QED) is 0.614. The van der Waals surface area contributed by atoms with Crippen molar-refractivity contribution in [2.24, 2.45) is 0 Å². The van der Waals surface area contributed by atoms with Crippen LogP contribution in [0.5, 0.6) is 5.75 Å².